The number of aromatic nitrogens is 5. The number of nitrogens with one attached hydrogen (secondary N) is 1. The Morgan fingerprint density at radius 1 is 1.21 bits per heavy atom. The molecule has 4 aromatic rings. The fraction of sp³-hybridized carbons (Fsp3) is 0.318. The molecule has 1 amide bonds. The summed E-state index contributed by atoms with van der Waals surface area (Å²) >= 11 is 0. The first kappa shape index (κ1) is 20.7. The molecule has 11 heteroatoms. The fourth-order valence-electron chi connectivity index (χ4n) is 4.02. The highest BCUT2D eigenvalue weighted by molar-refractivity contribution is 5.78. The molecule has 0 fully saturated rings. The first-order valence-electron chi connectivity index (χ1n) is 10.4. The van der Waals surface area contributed by atoms with Crippen molar-refractivity contribution in [3.8, 4) is 17.1 Å². The van der Waals surface area contributed by atoms with Gasteiger partial charge >= 0.3 is 5.69 Å². The van der Waals surface area contributed by atoms with Crippen LogP contribution in [0.2, 0.25) is 0 Å². The van der Waals surface area contributed by atoms with Gasteiger partial charge in [0.1, 0.15) is 24.1 Å². The standard InChI is InChI=1S/C22H22N6O5/c1-12-6-14-7-13(4-5-16(14)32-12)17-8-15(25-33-17)9-23-18(29)10-28-11-24-20-19(28)21(30)27(3)22(31)26(20)2/h4-5,7-8,11-12H,6,9-10H2,1-3H3,(H,23,29). The molecule has 0 radical (unpaired) electrons. The van der Waals surface area contributed by atoms with Crippen molar-refractivity contribution in [1.82, 2.24) is 29.2 Å². The van der Waals surface area contributed by atoms with Crippen LogP contribution < -0.4 is 21.3 Å². The smallest absolute Gasteiger partial charge is 0.332 e. The van der Waals surface area contributed by atoms with Crippen LogP contribution in [0.1, 0.15) is 18.2 Å². The van der Waals surface area contributed by atoms with Gasteiger partial charge < -0.3 is 19.1 Å². The first-order valence-corrected chi connectivity index (χ1v) is 10.4. The predicted octanol–water partition coefficient (Wildman–Crippen LogP) is 0.729. The zero-order chi connectivity index (χ0) is 23.3. The number of amides is 1. The highest BCUT2D eigenvalue weighted by atomic mass is 16.5. The molecule has 0 saturated carbocycles. The van der Waals surface area contributed by atoms with Crippen LogP contribution in [0.3, 0.4) is 0 Å². The van der Waals surface area contributed by atoms with E-state index in [1.807, 2.05) is 25.1 Å². The largest absolute Gasteiger partial charge is 0.490 e. The van der Waals surface area contributed by atoms with E-state index in [0.717, 1.165) is 27.9 Å². The molecule has 5 rings (SSSR count). The average molecular weight is 450 g/mol. The Balaban J connectivity index is 1.28. The maximum atomic E-state index is 12.5. The quantitative estimate of drug-likeness (QED) is 0.475. The van der Waals surface area contributed by atoms with Crippen molar-refractivity contribution >= 4 is 17.1 Å². The van der Waals surface area contributed by atoms with E-state index in [4.69, 9.17) is 9.26 Å². The lowest BCUT2D eigenvalue weighted by Gasteiger charge is -2.07. The summed E-state index contributed by atoms with van der Waals surface area (Å²) in [6, 6.07) is 7.64. The Labute approximate surface area is 187 Å². The van der Waals surface area contributed by atoms with Crippen molar-refractivity contribution in [3.05, 3.63) is 62.7 Å². The highest BCUT2D eigenvalue weighted by Crippen LogP contribution is 2.33. The summed E-state index contributed by atoms with van der Waals surface area (Å²) in [5.41, 5.74) is 2.02. The lowest BCUT2D eigenvalue weighted by molar-refractivity contribution is -0.121. The van der Waals surface area contributed by atoms with Crippen LogP contribution in [0.15, 0.2) is 44.7 Å². The zero-order valence-corrected chi connectivity index (χ0v) is 18.4. The molecule has 1 N–H and O–H groups in total. The average Bonchev–Trinajstić information content (AvgIpc) is 3.52. The second-order valence-corrected chi connectivity index (χ2v) is 8.16. The number of hydrogen-bond acceptors (Lipinski definition) is 7. The lowest BCUT2D eigenvalue weighted by atomic mass is 10.1. The van der Waals surface area contributed by atoms with Gasteiger partial charge in [0.2, 0.25) is 5.91 Å². The predicted molar refractivity (Wildman–Crippen MR) is 118 cm³/mol. The molecular formula is C22H22N6O5. The van der Waals surface area contributed by atoms with E-state index in [1.165, 1.54) is 29.6 Å². The third kappa shape index (κ3) is 3.60. The van der Waals surface area contributed by atoms with E-state index in [1.54, 1.807) is 6.07 Å². The second-order valence-electron chi connectivity index (χ2n) is 8.16. The molecule has 4 heterocycles. The second kappa shape index (κ2) is 7.76. The summed E-state index contributed by atoms with van der Waals surface area (Å²) in [5, 5.41) is 6.80. The molecule has 1 aromatic carbocycles. The Hall–Kier alpha value is -4.15. The Morgan fingerprint density at radius 2 is 2.03 bits per heavy atom. The summed E-state index contributed by atoms with van der Waals surface area (Å²) in [6.07, 6.45) is 2.38. The molecule has 0 spiro atoms. The van der Waals surface area contributed by atoms with E-state index in [0.29, 0.717) is 11.5 Å². The highest BCUT2D eigenvalue weighted by Gasteiger charge is 2.20. The number of imidazole rings is 1. The molecule has 1 aliphatic rings. The normalized spacial score (nSPS) is 14.9. The van der Waals surface area contributed by atoms with Crippen LogP contribution in [0.25, 0.3) is 22.5 Å². The molecule has 1 unspecified atom stereocenters. The van der Waals surface area contributed by atoms with Gasteiger partial charge in [-0.25, -0.2) is 9.78 Å². The maximum Gasteiger partial charge on any atom is 0.332 e. The number of benzene rings is 1. The number of ether oxygens (including phenoxy) is 1. The minimum Gasteiger partial charge on any atom is -0.490 e. The third-order valence-corrected chi connectivity index (χ3v) is 5.74. The first-order chi connectivity index (χ1) is 15.8. The Kier molecular flexibility index (Phi) is 4.88. The summed E-state index contributed by atoms with van der Waals surface area (Å²) in [4.78, 5) is 41.2. The van der Waals surface area contributed by atoms with E-state index >= 15 is 0 Å². The zero-order valence-electron chi connectivity index (χ0n) is 18.4. The number of fused-ring (bicyclic) bond motifs is 2. The third-order valence-electron chi connectivity index (χ3n) is 5.74. The number of nitrogens with zero attached hydrogens (tertiary/aromatic N) is 5. The summed E-state index contributed by atoms with van der Waals surface area (Å²) in [7, 11) is 2.91. The van der Waals surface area contributed by atoms with Crippen molar-refractivity contribution in [2.24, 2.45) is 14.1 Å². The summed E-state index contributed by atoms with van der Waals surface area (Å²) < 4.78 is 14.9. The van der Waals surface area contributed by atoms with E-state index in [2.05, 4.69) is 15.5 Å². The molecule has 33 heavy (non-hydrogen) atoms. The van der Waals surface area contributed by atoms with Crippen molar-refractivity contribution < 1.29 is 14.1 Å². The SMILES string of the molecule is CC1Cc2cc(-c3cc(CNC(=O)Cn4cnc5c4c(=O)n(C)c(=O)n5C)no3)ccc2O1. The molecule has 3 aromatic heterocycles. The van der Waals surface area contributed by atoms with Gasteiger partial charge in [-0.1, -0.05) is 5.16 Å². The van der Waals surface area contributed by atoms with Crippen molar-refractivity contribution in [1.29, 1.82) is 0 Å². The molecule has 0 aliphatic carbocycles. The van der Waals surface area contributed by atoms with Crippen LogP contribution in [0.4, 0.5) is 0 Å². The monoisotopic (exact) mass is 450 g/mol. The van der Waals surface area contributed by atoms with Crippen LogP contribution in [-0.2, 0) is 38.4 Å². The van der Waals surface area contributed by atoms with Crippen LogP contribution in [0, 0.1) is 0 Å². The van der Waals surface area contributed by atoms with Crippen molar-refractivity contribution in [2.75, 3.05) is 0 Å². The minimum absolute atomic E-state index is 0.127. The Bertz CT molecular complexity index is 1510. The molecule has 0 saturated heterocycles. The fourth-order valence-corrected chi connectivity index (χ4v) is 4.02. The van der Waals surface area contributed by atoms with Gasteiger partial charge in [-0.05, 0) is 30.7 Å². The van der Waals surface area contributed by atoms with Gasteiger partial charge in [-0.2, -0.15) is 0 Å². The van der Waals surface area contributed by atoms with E-state index in [-0.39, 0.29) is 36.3 Å². The number of rotatable bonds is 5. The molecule has 1 atom stereocenters. The van der Waals surface area contributed by atoms with Crippen LogP contribution in [-0.4, -0.2) is 35.9 Å². The van der Waals surface area contributed by atoms with Gasteiger partial charge in [-0.15, -0.1) is 0 Å². The van der Waals surface area contributed by atoms with Crippen molar-refractivity contribution in [3.63, 3.8) is 0 Å². The van der Waals surface area contributed by atoms with Crippen LogP contribution >= 0.6 is 0 Å². The van der Waals surface area contributed by atoms with E-state index in [9.17, 15) is 14.4 Å². The number of hydrogen-bond donors (Lipinski definition) is 1. The van der Waals surface area contributed by atoms with Gasteiger partial charge in [0.05, 0.1) is 12.9 Å². The number of carbonyl (C=O) groups excluding carboxylic acids is 1. The summed E-state index contributed by atoms with van der Waals surface area (Å²) in [5.74, 6) is 1.16. The lowest BCUT2D eigenvalue weighted by Crippen LogP contribution is -2.38. The van der Waals surface area contributed by atoms with Gasteiger partial charge in [0.15, 0.2) is 16.9 Å². The summed E-state index contributed by atoms with van der Waals surface area (Å²) in [6.45, 7) is 2.06. The molecule has 11 nitrogen and oxygen atoms in total. The molecule has 170 valence electrons. The Morgan fingerprint density at radius 3 is 2.85 bits per heavy atom. The number of carbonyl (C=O) groups is 1. The maximum absolute atomic E-state index is 12.5. The van der Waals surface area contributed by atoms with E-state index < -0.39 is 11.2 Å². The van der Waals surface area contributed by atoms with Gasteiger partial charge in [0.25, 0.3) is 5.56 Å². The van der Waals surface area contributed by atoms with Crippen molar-refractivity contribution in [2.45, 2.75) is 32.5 Å². The van der Waals surface area contributed by atoms with Gasteiger partial charge in [0, 0.05) is 32.1 Å². The molecular weight excluding hydrogens is 428 g/mol. The number of aryl methyl sites for hydroxylation is 1. The molecule has 0 bridgehead atoms. The van der Waals surface area contributed by atoms with Gasteiger partial charge in [-0.3, -0.25) is 18.7 Å². The van der Waals surface area contributed by atoms with Crippen LogP contribution in [0.5, 0.6) is 5.75 Å². The minimum atomic E-state index is -0.506. The topological polar surface area (TPSA) is 126 Å². The molecule has 1 aliphatic heterocycles.